The maximum absolute atomic E-state index is 5.95. The molecule has 160 valence electrons. The number of hydrogen-bond acceptors (Lipinski definition) is 1. The number of hydrogen-bond donors (Lipinski definition) is 0. The van der Waals surface area contributed by atoms with E-state index in [9.17, 15) is 0 Å². The summed E-state index contributed by atoms with van der Waals surface area (Å²) in [7, 11) is 0. The topological polar surface area (TPSA) is 24.7 Å². The van der Waals surface area contributed by atoms with E-state index in [1.807, 2.05) is 43.3 Å². The van der Waals surface area contributed by atoms with Crippen LogP contribution < -0.4 is 0 Å². The highest BCUT2D eigenvalue weighted by atomic mass is 35.6. The number of rotatable bonds is 3. The number of alkyl halides is 6. The minimum absolute atomic E-state index is 0.0489. The number of aliphatic imine (C=N–C) groups is 2. The number of halogens is 6. The molecular formula is C23H16Cl6N2. The Hall–Kier alpha value is -1.44. The van der Waals surface area contributed by atoms with Crippen LogP contribution >= 0.6 is 69.6 Å². The second-order valence-electron chi connectivity index (χ2n) is 6.27. The van der Waals surface area contributed by atoms with Gasteiger partial charge < -0.3 is 0 Å². The first-order chi connectivity index (χ1) is 14.4. The minimum atomic E-state index is -1.82. The zero-order chi connectivity index (χ0) is 23.2. The summed E-state index contributed by atoms with van der Waals surface area (Å²) in [4.78, 5) is 8.53. The van der Waals surface area contributed by atoms with E-state index in [1.165, 1.54) is 11.6 Å². The van der Waals surface area contributed by atoms with E-state index in [2.05, 4.69) is 35.0 Å². The van der Waals surface area contributed by atoms with Crippen LogP contribution in [-0.4, -0.2) is 19.1 Å². The molecule has 0 aliphatic rings. The molecule has 0 unspecified atom stereocenters. The highest BCUT2D eigenvalue weighted by molar-refractivity contribution is 6.77. The summed E-state index contributed by atoms with van der Waals surface area (Å²) >= 11 is 35.4. The monoisotopic (exact) mass is 530 g/mol. The molecule has 2 aromatic carbocycles. The fourth-order valence-corrected chi connectivity index (χ4v) is 2.65. The van der Waals surface area contributed by atoms with Gasteiger partial charge >= 0.3 is 0 Å². The molecule has 0 aliphatic carbocycles. The van der Waals surface area contributed by atoms with E-state index >= 15 is 0 Å². The van der Waals surface area contributed by atoms with Crippen molar-refractivity contribution < 1.29 is 0 Å². The van der Waals surface area contributed by atoms with E-state index in [-0.39, 0.29) is 17.2 Å². The van der Waals surface area contributed by atoms with Crippen molar-refractivity contribution in [2.45, 2.75) is 14.5 Å². The average molecular weight is 533 g/mol. The number of allylic oxidation sites excluding steroid dienone is 2. The second-order valence-corrected chi connectivity index (χ2v) is 10.8. The van der Waals surface area contributed by atoms with Gasteiger partial charge in [0.2, 0.25) is 7.59 Å². The van der Waals surface area contributed by atoms with Gasteiger partial charge in [-0.3, -0.25) is 0 Å². The summed E-state index contributed by atoms with van der Waals surface area (Å²) in [5.41, 5.74) is 3.46. The molecule has 0 atom stereocenters. The van der Waals surface area contributed by atoms with Crippen molar-refractivity contribution in [3.8, 4) is 11.8 Å². The highest BCUT2D eigenvalue weighted by Gasteiger charge is 2.28. The van der Waals surface area contributed by atoms with Crippen molar-refractivity contribution in [3.05, 3.63) is 95.7 Å². The van der Waals surface area contributed by atoms with Crippen molar-refractivity contribution in [3.63, 3.8) is 0 Å². The Morgan fingerprint density at radius 2 is 1.29 bits per heavy atom. The van der Waals surface area contributed by atoms with E-state index in [1.54, 1.807) is 12.1 Å². The molecular weight excluding hydrogens is 517 g/mol. The van der Waals surface area contributed by atoms with E-state index in [4.69, 9.17) is 69.6 Å². The van der Waals surface area contributed by atoms with Crippen LogP contribution in [-0.2, 0) is 0 Å². The van der Waals surface area contributed by atoms with Gasteiger partial charge in [0, 0.05) is 16.7 Å². The molecule has 0 bridgehead atoms. The summed E-state index contributed by atoms with van der Waals surface area (Å²) < 4.78 is -3.64. The number of nitrogens with zero attached hydrogens (tertiary/aromatic N) is 2. The molecule has 0 aliphatic heterocycles. The van der Waals surface area contributed by atoms with Crippen LogP contribution in [0, 0.1) is 18.8 Å². The molecule has 0 radical (unpaired) electrons. The standard InChI is InChI=1S/C23H16Cl6N2/c1-4-20(23(27,28)29)31-21(30-16(3)22(24,25)26)19-13-11-18(12-14-19)10-9-17-7-5-15(2)6-8-17/h4-8,11-14H,1,3H2,2H3/b30-21-,31-20+. The third-order valence-corrected chi connectivity index (χ3v) is 5.06. The number of benzene rings is 2. The molecule has 0 aromatic heterocycles. The summed E-state index contributed by atoms with van der Waals surface area (Å²) in [5.74, 6) is 6.35. The van der Waals surface area contributed by atoms with E-state index in [0.29, 0.717) is 5.56 Å². The zero-order valence-electron chi connectivity index (χ0n) is 16.3. The first kappa shape index (κ1) is 25.8. The Kier molecular flexibility index (Phi) is 9.10. The lowest BCUT2D eigenvalue weighted by Crippen LogP contribution is -2.19. The van der Waals surface area contributed by atoms with Gasteiger partial charge in [-0.05, 0) is 49.4 Å². The van der Waals surface area contributed by atoms with Gasteiger partial charge in [0.05, 0.1) is 11.4 Å². The van der Waals surface area contributed by atoms with Crippen molar-refractivity contribution in [1.29, 1.82) is 0 Å². The molecule has 0 N–H and O–H groups in total. The lowest BCUT2D eigenvalue weighted by Gasteiger charge is -2.14. The Balaban J connectivity index is 2.44. The highest BCUT2D eigenvalue weighted by Crippen LogP contribution is 2.35. The predicted octanol–water partition coefficient (Wildman–Crippen LogP) is 8.02. The Morgan fingerprint density at radius 1 is 0.806 bits per heavy atom. The third-order valence-electron chi connectivity index (χ3n) is 3.82. The van der Waals surface area contributed by atoms with Crippen LogP contribution in [0.1, 0.15) is 22.3 Å². The van der Waals surface area contributed by atoms with E-state index in [0.717, 1.165) is 11.1 Å². The van der Waals surface area contributed by atoms with Gasteiger partial charge in [-0.15, -0.1) is 0 Å². The van der Waals surface area contributed by atoms with Crippen LogP contribution in [0.5, 0.6) is 0 Å². The van der Waals surface area contributed by atoms with Crippen LogP contribution in [0.25, 0.3) is 0 Å². The molecule has 2 nitrogen and oxygen atoms in total. The molecule has 0 saturated heterocycles. The predicted molar refractivity (Wildman–Crippen MR) is 137 cm³/mol. The lowest BCUT2D eigenvalue weighted by atomic mass is 10.1. The summed E-state index contributed by atoms with van der Waals surface area (Å²) in [6.45, 7) is 9.31. The molecule has 2 rings (SSSR count). The van der Waals surface area contributed by atoms with Crippen LogP contribution in [0.4, 0.5) is 0 Å². The first-order valence-corrected chi connectivity index (χ1v) is 11.0. The van der Waals surface area contributed by atoms with Crippen LogP contribution in [0.2, 0.25) is 0 Å². The molecule has 0 heterocycles. The summed E-state index contributed by atoms with van der Waals surface area (Å²) in [6, 6.07) is 15.1. The smallest absolute Gasteiger partial charge is 0.229 e. The summed E-state index contributed by atoms with van der Waals surface area (Å²) in [5, 5.41) is 0. The zero-order valence-corrected chi connectivity index (χ0v) is 20.8. The van der Waals surface area contributed by atoms with Crippen molar-refractivity contribution in [2.75, 3.05) is 0 Å². The van der Waals surface area contributed by atoms with E-state index < -0.39 is 7.59 Å². The Labute approximate surface area is 212 Å². The van der Waals surface area contributed by atoms with Crippen molar-refractivity contribution >= 4 is 81.2 Å². The summed E-state index contributed by atoms with van der Waals surface area (Å²) in [6.07, 6.45) is 1.31. The molecule has 0 saturated carbocycles. The average Bonchev–Trinajstić information content (AvgIpc) is 2.69. The molecule has 0 fully saturated rings. The van der Waals surface area contributed by atoms with Gasteiger partial charge in [-0.2, -0.15) is 0 Å². The largest absolute Gasteiger partial charge is 0.232 e. The van der Waals surface area contributed by atoms with Gasteiger partial charge in [0.25, 0.3) is 0 Å². The van der Waals surface area contributed by atoms with Crippen molar-refractivity contribution in [1.82, 2.24) is 0 Å². The number of aryl methyl sites for hydroxylation is 1. The van der Waals surface area contributed by atoms with Gasteiger partial charge in [0.1, 0.15) is 0 Å². The normalized spacial score (nSPS) is 12.7. The first-order valence-electron chi connectivity index (χ1n) is 8.72. The molecule has 8 heteroatoms. The van der Waals surface area contributed by atoms with Gasteiger partial charge in [0.15, 0.2) is 5.84 Å². The quantitative estimate of drug-likeness (QED) is 0.165. The maximum atomic E-state index is 5.95. The molecule has 31 heavy (non-hydrogen) atoms. The lowest BCUT2D eigenvalue weighted by molar-refractivity contribution is 1.19. The Morgan fingerprint density at radius 3 is 1.71 bits per heavy atom. The molecule has 0 spiro atoms. The minimum Gasteiger partial charge on any atom is -0.229 e. The second kappa shape index (κ2) is 10.9. The molecule has 2 aromatic rings. The fraction of sp³-hybridized carbons (Fsp3) is 0.130. The van der Waals surface area contributed by atoms with Crippen LogP contribution in [0.15, 0.2) is 83.4 Å². The SMILES string of the molecule is C=C/C(=N\C(=N/C(=C)C(Cl)(Cl)Cl)c1ccc(C#Cc2ccc(C)cc2)cc1)C(Cl)(Cl)Cl. The fourth-order valence-electron chi connectivity index (χ4n) is 2.17. The van der Waals surface area contributed by atoms with Crippen molar-refractivity contribution in [2.24, 2.45) is 9.98 Å². The van der Waals surface area contributed by atoms with Gasteiger partial charge in [-0.1, -0.05) is 112 Å². The van der Waals surface area contributed by atoms with Crippen LogP contribution in [0.3, 0.4) is 0 Å². The third kappa shape index (κ3) is 8.20. The number of amidine groups is 1. The maximum Gasteiger partial charge on any atom is 0.232 e. The molecule has 0 amide bonds. The Bertz CT molecular complexity index is 1070. The van der Waals surface area contributed by atoms with Gasteiger partial charge in [-0.25, -0.2) is 9.98 Å².